The third-order valence-electron chi connectivity index (χ3n) is 0.183. The Morgan fingerprint density at radius 2 is 1.12 bits per heavy atom. The fourth-order valence-corrected chi connectivity index (χ4v) is 0. The van der Waals surface area contributed by atoms with Crippen molar-refractivity contribution in [2.24, 2.45) is 0 Å². The molecular formula is C2H2FeO5. The van der Waals surface area contributed by atoms with Crippen LogP contribution >= 0.6 is 0 Å². The first kappa shape index (κ1) is 15.7. The van der Waals surface area contributed by atoms with Gasteiger partial charge in [0.2, 0.25) is 0 Å². The molecule has 0 aliphatic carbocycles. The van der Waals surface area contributed by atoms with E-state index in [0.717, 1.165) is 0 Å². The minimum atomic E-state index is -1.82. The van der Waals surface area contributed by atoms with Crippen LogP contribution in [0.25, 0.3) is 0 Å². The van der Waals surface area contributed by atoms with Crippen molar-refractivity contribution in [3.05, 3.63) is 0 Å². The Kier molecular flexibility index (Phi) is 12.6. The van der Waals surface area contributed by atoms with Gasteiger partial charge in [-0.25, -0.2) is 9.59 Å². The molecule has 0 amide bonds. The van der Waals surface area contributed by atoms with E-state index in [1.165, 1.54) is 0 Å². The zero-order valence-corrected chi connectivity index (χ0v) is 4.58. The Morgan fingerprint density at radius 3 is 1.12 bits per heavy atom. The summed E-state index contributed by atoms with van der Waals surface area (Å²) in [6.07, 6.45) is 0. The minimum Gasteiger partial charge on any atom is -2.00 e. The molecule has 0 bridgehead atoms. The Morgan fingerprint density at radius 1 is 1.00 bits per heavy atom. The van der Waals surface area contributed by atoms with Crippen LogP contribution < -0.4 is 0 Å². The minimum absolute atomic E-state index is 0. The van der Waals surface area contributed by atoms with E-state index in [1.807, 2.05) is 0 Å². The van der Waals surface area contributed by atoms with Gasteiger partial charge in [-0.1, -0.05) is 0 Å². The molecule has 6 heteroatoms. The van der Waals surface area contributed by atoms with Gasteiger partial charge in [0.1, 0.15) is 0 Å². The average Bonchev–Trinajstić information content (AvgIpc) is 1.36. The summed E-state index contributed by atoms with van der Waals surface area (Å²) in [6.45, 7) is 0. The van der Waals surface area contributed by atoms with Gasteiger partial charge in [-0.15, -0.1) is 0 Å². The smallest absolute Gasteiger partial charge is 2.00 e. The first-order chi connectivity index (χ1) is 2.64. The van der Waals surface area contributed by atoms with Gasteiger partial charge >= 0.3 is 29.0 Å². The summed E-state index contributed by atoms with van der Waals surface area (Å²) in [7, 11) is 0. The molecule has 2 N–H and O–H groups in total. The first-order valence-electron chi connectivity index (χ1n) is 1.11. The fourth-order valence-electron chi connectivity index (χ4n) is 0. The molecule has 0 spiro atoms. The third-order valence-corrected chi connectivity index (χ3v) is 0.183. The molecule has 0 aliphatic rings. The van der Waals surface area contributed by atoms with Gasteiger partial charge in [-0.2, -0.15) is 0 Å². The molecule has 0 aromatic carbocycles. The molecule has 0 rings (SSSR count). The second-order valence-electron chi connectivity index (χ2n) is 0.610. The van der Waals surface area contributed by atoms with Crippen LogP contribution in [0, 0.1) is 0 Å². The van der Waals surface area contributed by atoms with Crippen LogP contribution in [0.5, 0.6) is 0 Å². The summed E-state index contributed by atoms with van der Waals surface area (Å²) in [4.78, 5) is 18.2. The molecule has 0 atom stereocenters. The summed E-state index contributed by atoms with van der Waals surface area (Å²) < 4.78 is 0. The summed E-state index contributed by atoms with van der Waals surface area (Å²) in [5, 5.41) is 14.8. The molecule has 0 heterocycles. The predicted molar refractivity (Wildman–Crippen MR) is 16.0 cm³/mol. The van der Waals surface area contributed by atoms with Crippen molar-refractivity contribution in [2.45, 2.75) is 0 Å². The fraction of sp³-hybridized carbons (Fsp3) is 0. The maximum Gasteiger partial charge on any atom is 2.00 e. The normalized spacial score (nSPS) is 5.50. The molecule has 0 aromatic heterocycles. The van der Waals surface area contributed by atoms with Gasteiger partial charge in [0.15, 0.2) is 0 Å². The van der Waals surface area contributed by atoms with Crippen LogP contribution in [-0.2, 0) is 32.1 Å². The number of carbonyl (C=O) groups is 2. The molecule has 48 valence electrons. The Labute approximate surface area is 55.1 Å². The van der Waals surface area contributed by atoms with E-state index in [-0.39, 0.29) is 22.5 Å². The van der Waals surface area contributed by atoms with Gasteiger partial charge in [0.25, 0.3) is 0 Å². The van der Waals surface area contributed by atoms with Gasteiger partial charge in [-0.3, -0.25) is 0 Å². The van der Waals surface area contributed by atoms with Crippen molar-refractivity contribution in [3.8, 4) is 0 Å². The summed E-state index contributed by atoms with van der Waals surface area (Å²) in [5.74, 6) is -3.65. The van der Waals surface area contributed by atoms with E-state index in [2.05, 4.69) is 0 Å². The van der Waals surface area contributed by atoms with Crippen molar-refractivity contribution in [1.82, 2.24) is 0 Å². The van der Waals surface area contributed by atoms with E-state index < -0.39 is 11.9 Å². The monoisotopic (exact) mass is 162 g/mol. The van der Waals surface area contributed by atoms with Gasteiger partial charge in [-0.05, 0) is 0 Å². The third kappa shape index (κ3) is 9.05. The molecule has 0 saturated carbocycles. The summed E-state index contributed by atoms with van der Waals surface area (Å²) in [5.41, 5.74) is 0. The van der Waals surface area contributed by atoms with E-state index in [0.29, 0.717) is 0 Å². The predicted octanol–water partition coefficient (Wildman–Crippen LogP) is -0.966. The van der Waals surface area contributed by atoms with E-state index in [1.54, 1.807) is 0 Å². The van der Waals surface area contributed by atoms with E-state index in [4.69, 9.17) is 19.8 Å². The molecule has 0 aromatic rings. The SMILES string of the molecule is O=C(O)C(=O)O.[Fe+2].[O-2]. The first-order valence-corrected chi connectivity index (χ1v) is 1.11. The zero-order chi connectivity index (χ0) is 5.15. The number of hydrogen-bond acceptors (Lipinski definition) is 2. The van der Waals surface area contributed by atoms with Crippen LogP contribution in [0.2, 0.25) is 0 Å². The van der Waals surface area contributed by atoms with Crippen molar-refractivity contribution in [1.29, 1.82) is 0 Å². The average molecular weight is 162 g/mol. The standard InChI is InChI=1S/C2H2O4.Fe.O/c3-1(4)2(5)6;;/h(H,3,4)(H,5,6);;/q;+2;-2. The largest absolute Gasteiger partial charge is 2.00 e. The molecular weight excluding hydrogens is 160 g/mol. The number of carboxylic acids is 2. The van der Waals surface area contributed by atoms with Crippen molar-refractivity contribution in [2.75, 3.05) is 0 Å². The Balaban J connectivity index is -0.000000125. The molecule has 0 fully saturated rings. The van der Waals surface area contributed by atoms with Crippen LogP contribution in [0.4, 0.5) is 0 Å². The molecule has 0 saturated heterocycles. The van der Waals surface area contributed by atoms with Crippen molar-refractivity contribution < 1.29 is 42.3 Å². The van der Waals surface area contributed by atoms with E-state index in [9.17, 15) is 0 Å². The summed E-state index contributed by atoms with van der Waals surface area (Å²) in [6, 6.07) is 0. The van der Waals surface area contributed by atoms with Crippen molar-refractivity contribution >= 4 is 11.9 Å². The number of aliphatic carboxylic acids is 2. The topological polar surface area (TPSA) is 103 Å². The van der Waals surface area contributed by atoms with Gasteiger partial charge in [0, 0.05) is 0 Å². The van der Waals surface area contributed by atoms with Crippen LogP contribution in [0.15, 0.2) is 0 Å². The van der Waals surface area contributed by atoms with Gasteiger partial charge < -0.3 is 15.7 Å². The summed E-state index contributed by atoms with van der Waals surface area (Å²) >= 11 is 0. The quantitative estimate of drug-likeness (QED) is 0.353. The molecule has 8 heavy (non-hydrogen) atoms. The maximum absolute atomic E-state index is 9.10. The number of rotatable bonds is 0. The molecule has 0 aliphatic heterocycles. The molecule has 0 unspecified atom stereocenters. The number of hydrogen-bond donors (Lipinski definition) is 2. The molecule has 0 radical (unpaired) electrons. The van der Waals surface area contributed by atoms with Crippen molar-refractivity contribution in [3.63, 3.8) is 0 Å². The Hall–Kier alpha value is -0.581. The number of carboxylic acid groups (broad SMARTS) is 2. The second kappa shape index (κ2) is 6.42. The molecule has 5 nitrogen and oxygen atoms in total. The van der Waals surface area contributed by atoms with E-state index >= 15 is 0 Å². The van der Waals surface area contributed by atoms with Crippen LogP contribution in [-0.4, -0.2) is 22.2 Å². The second-order valence-corrected chi connectivity index (χ2v) is 0.610. The van der Waals surface area contributed by atoms with Crippen LogP contribution in [0.3, 0.4) is 0 Å². The maximum atomic E-state index is 9.10. The zero-order valence-electron chi connectivity index (χ0n) is 3.47. The van der Waals surface area contributed by atoms with Gasteiger partial charge in [0.05, 0.1) is 0 Å². The Bertz CT molecular complexity index is 76.4. The van der Waals surface area contributed by atoms with Crippen LogP contribution in [0.1, 0.15) is 0 Å².